The standard InChI is InChI=1S/C15H19NO4S/c1-20-14(17)11-5-4-6-12-13(11)16-9-15(7-2-3-8-15)10-21(12,18)19/h4-6,16H,2-3,7-10H2,1H3. The van der Waals surface area contributed by atoms with E-state index >= 15 is 0 Å². The lowest BCUT2D eigenvalue weighted by molar-refractivity contribution is 0.0601. The smallest absolute Gasteiger partial charge is 0.340 e. The number of para-hydroxylation sites is 1. The SMILES string of the molecule is COC(=O)c1cccc2c1NCC1(CCCC1)CS2(=O)=O. The van der Waals surface area contributed by atoms with Gasteiger partial charge in [0.1, 0.15) is 0 Å². The van der Waals surface area contributed by atoms with Crippen molar-refractivity contribution in [2.45, 2.75) is 30.6 Å². The molecule has 1 aliphatic carbocycles. The van der Waals surface area contributed by atoms with Crippen LogP contribution in [0.25, 0.3) is 0 Å². The van der Waals surface area contributed by atoms with Crippen molar-refractivity contribution in [2.24, 2.45) is 5.41 Å². The zero-order valence-corrected chi connectivity index (χ0v) is 12.8. The van der Waals surface area contributed by atoms with Gasteiger partial charge in [0, 0.05) is 12.0 Å². The van der Waals surface area contributed by atoms with Gasteiger partial charge in [-0.2, -0.15) is 0 Å². The zero-order valence-electron chi connectivity index (χ0n) is 12.0. The molecule has 0 saturated heterocycles. The summed E-state index contributed by atoms with van der Waals surface area (Å²) in [7, 11) is -2.11. The monoisotopic (exact) mass is 309 g/mol. The molecular formula is C15H19NO4S. The van der Waals surface area contributed by atoms with Crippen molar-refractivity contribution in [3.05, 3.63) is 23.8 Å². The van der Waals surface area contributed by atoms with Crippen LogP contribution in [0.2, 0.25) is 0 Å². The van der Waals surface area contributed by atoms with E-state index in [1.807, 2.05) is 0 Å². The fraction of sp³-hybridized carbons (Fsp3) is 0.533. The Bertz CT molecular complexity index is 675. The van der Waals surface area contributed by atoms with E-state index in [1.165, 1.54) is 7.11 Å². The molecule has 21 heavy (non-hydrogen) atoms. The third kappa shape index (κ3) is 2.41. The van der Waals surface area contributed by atoms with Crippen LogP contribution in [0.15, 0.2) is 23.1 Å². The second-order valence-corrected chi connectivity index (χ2v) is 7.95. The Labute approximate surface area is 124 Å². The van der Waals surface area contributed by atoms with E-state index in [-0.39, 0.29) is 21.6 Å². The molecule has 1 aromatic rings. The predicted molar refractivity (Wildman–Crippen MR) is 79.2 cm³/mol. The Balaban J connectivity index is 2.11. The van der Waals surface area contributed by atoms with Crippen molar-refractivity contribution < 1.29 is 17.9 Å². The van der Waals surface area contributed by atoms with Crippen LogP contribution in [-0.2, 0) is 14.6 Å². The molecule has 1 saturated carbocycles. The Morgan fingerprint density at radius 1 is 1.29 bits per heavy atom. The van der Waals surface area contributed by atoms with E-state index in [1.54, 1.807) is 18.2 Å². The van der Waals surface area contributed by atoms with E-state index in [4.69, 9.17) is 4.74 Å². The van der Waals surface area contributed by atoms with Gasteiger partial charge in [0.25, 0.3) is 0 Å². The molecule has 5 nitrogen and oxygen atoms in total. The van der Waals surface area contributed by atoms with Crippen LogP contribution in [-0.4, -0.2) is 33.8 Å². The predicted octanol–water partition coefficient (Wildman–Crippen LogP) is 2.23. The third-order valence-corrected chi connectivity index (χ3v) is 6.57. The molecule has 0 atom stereocenters. The largest absolute Gasteiger partial charge is 0.465 e. The first-order valence-corrected chi connectivity index (χ1v) is 8.81. The number of ether oxygens (including phenoxy) is 1. The van der Waals surface area contributed by atoms with E-state index in [0.29, 0.717) is 12.2 Å². The van der Waals surface area contributed by atoms with Crippen molar-refractivity contribution in [3.8, 4) is 0 Å². The summed E-state index contributed by atoms with van der Waals surface area (Å²) in [5.74, 6) is -0.359. The Hall–Kier alpha value is -1.56. The number of esters is 1. The molecule has 0 amide bonds. The van der Waals surface area contributed by atoms with Gasteiger partial charge in [-0.1, -0.05) is 18.9 Å². The summed E-state index contributed by atoms with van der Waals surface area (Å²) in [5.41, 5.74) is 0.479. The van der Waals surface area contributed by atoms with Crippen LogP contribution in [0.3, 0.4) is 0 Å². The molecule has 0 radical (unpaired) electrons. The van der Waals surface area contributed by atoms with Crippen molar-refractivity contribution in [2.75, 3.05) is 24.7 Å². The number of nitrogens with one attached hydrogen (secondary N) is 1. The third-order valence-electron chi connectivity index (χ3n) is 4.57. The average Bonchev–Trinajstić information content (AvgIpc) is 2.87. The number of rotatable bonds is 1. The molecular weight excluding hydrogens is 290 g/mol. The highest BCUT2D eigenvalue weighted by Crippen LogP contribution is 2.44. The van der Waals surface area contributed by atoms with E-state index in [9.17, 15) is 13.2 Å². The lowest BCUT2D eigenvalue weighted by Gasteiger charge is -2.26. The summed E-state index contributed by atoms with van der Waals surface area (Å²) in [6.07, 6.45) is 3.97. The Morgan fingerprint density at radius 3 is 2.67 bits per heavy atom. The van der Waals surface area contributed by atoms with Crippen LogP contribution >= 0.6 is 0 Å². The Morgan fingerprint density at radius 2 is 2.00 bits per heavy atom. The van der Waals surface area contributed by atoms with Gasteiger partial charge in [0.05, 0.1) is 29.0 Å². The minimum Gasteiger partial charge on any atom is -0.465 e. The van der Waals surface area contributed by atoms with Gasteiger partial charge in [-0.25, -0.2) is 13.2 Å². The summed E-state index contributed by atoms with van der Waals surface area (Å²) >= 11 is 0. The lowest BCUT2D eigenvalue weighted by Crippen LogP contribution is -2.31. The fourth-order valence-electron chi connectivity index (χ4n) is 3.51. The van der Waals surface area contributed by atoms with Crippen LogP contribution in [0.4, 0.5) is 5.69 Å². The number of hydrogen-bond acceptors (Lipinski definition) is 5. The molecule has 1 aliphatic heterocycles. The van der Waals surface area contributed by atoms with Crippen molar-refractivity contribution in [1.82, 2.24) is 0 Å². The number of anilines is 1. The number of fused-ring (bicyclic) bond motifs is 1. The van der Waals surface area contributed by atoms with Gasteiger partial charge in [-0.05, 0) is 25.0 Å². The van der Waals surface area contributed by atoms with Gasteiger partial charge in [0.15, 0.2) is 9.84 Å². The molecule has 0 bridgehead atoms. The normalized spacial score (nSPS) is 22.1. The average molecular weight is 309 g/mol. The molecule has 1 N–H and O–H groups in total. The quantitative estimate of drug-likeness (QED) is 0.805. The molecule has 1 spiro atoms. The molecule has 114 valence electrons. The number of methoxy groups -OCH3 is 1. The molecule has 3 rings (SSSR count). The summed E-state index contributed by atoms with van der Waals surface area (Å²) in [6, 6.07) is 4.76. The number of sulfone groups is 1. The maximum atomic E-state index is 12.7. The van der Waals surface area contributed by atoms with Gasteiger partial charge < -0.3 is 10.1 Å². The summed E-state index contributed by atoms with van der Waals surface area (Å²) in [5, 5.41) is 3.22. The molecule has 1 aromatic carbocycles. The first-order valence-electron chi connectivity index (χ1n) is 7.15. The highest BCUT2D eigenvalue weighted by Gasteiger charge is 2.42. The van der Waals surface area contributed by atoms with Crippen LogP contribution < -0.4 is 5.32 Å². The molecule has 1 heterocycles. The Kier molecular flexibility index (Phi) is 3.43. The number of hydrogen-bond donors (Lipinski definition) is 1. The highest BCUT2D eigenvalue weighted by atomic mass is 32.2. The van der Waals surface area contributed by atoms with Crippen molar-refractivity contribution >= 4 is 21.5 Å². The minimum absolute atomic E-state index is 0.157. The summed E-state index contributed by atoms with van der Waals surface area (Å²) < 4.78 is 30.2. The minimum atomic E-state index is -3.40. The first-order chi connectivity index (χ1) is 9.97. The highest BCUT2D eigenvalue weighted by molar-refractivity contribution is 7.91. The zero-order chi connectivity index (χ0) is 15.1. The maximum absolute atomic E-state index is 12.7. The van der Waals surface area contributed by atoms with Gasteiger partial charge in [-0.15, -0.1) is 0 Å². The van der Waals surface area contributed by atoms with Crippen molar-refractivity contribution in [1.29, 1.82) is 0 Å². The molecule has 6 heteroatoms. The van der Waals surface area contributed by atoms with E-state index in [2.05, 4.69) is 5.32 Å². The lowest BCUT2D eigenvalue weighted by atomic mass is 9.88. The van der Waals surface area contributed by atoms with Gasteiger partial charge >= 0.3 is 5.97 Å². The van der Waals surface area contributed by atoms with Crippen LogP contribution in [0, 0.1) is 5.41 Å². The first kappa shape index (κ1) is 14.4. The molecule has 0 unspecified atom stereocenters. The number of carbonyl (C=O) groups excluding carboxylic acids is 1. The second-order valence-electron chi connectivity index (χ2n) is 5.99. The molecule has 0 aromatic heterocycles. The van der Waals surface area contributed by atoms with E-state index < -0.39 is 15.8 Å². The maximum Gasteiger partial charge on any atom is 0.340 e. The van der Waals surface area contributed by atoms with Crippen LogP contribution in [0.1, 0.15) is 36.0 Å². The second kappa shape index (κ2) is 5.02. The fourth-order valence-corrected chi connectivity index (χ4v) is 5.64. The summed E-state index contributed by atoms with van der Waals surface area (Å²) in [4.78, 5) is 12.1. The molecule has 2 aliphatic rings. The number of carbonyl (C=O) groups is 1. The van der Waals surface area contributed by atoms with Crippen molar-refractivity contribution in [3.63, 3.8) is 0 Å². The summed E-state index contributed by atoms with van der Waals surface area (Å²) in [6.45, 7) is 0.591. The van der Waals surface area contributed by atoms with Crippen LogP contribution in [0.5, 0.6) is 0 Å². The topological polar surface area (TPSA) is 72.5 Å². The molecule has 1 fully saturated rings. The van der Waals surface area contributed by atoms with Gasteiger partial charge in [-0.3, -0.25) is 0 Å². The van der Waals surface area contributed by atoms with Gasteiger partial charge in [0.2, 0.25) is 0 Å². The van der Waals surface area contributed by atoms with E-state index in [0.717, 1.165) is 25.7 Å². The number of benzene rings is 1.